The Bertz CT molecular complexity index is 467. The van der Waals surface area contributed by atoms with E-state index in [1.165, 1.54) is 0 Å². The zero-order valence-corrected chi connectivity index (χ0v) is 11.9. The van der Waals surface area contributed by atoms with Crippen LogP contribution in [0.3, 0.4) is 0 Å². The van der Waals surface area contributed by atoms with Crippen molar-refractivity contribution in [2.24, 2.45) is 5.73 Å². The molecule has 0 unspecified atom stereocenters. The standard InChI is InChI=1S/C11H18N2O2S.ClH/c1-9-6-4-5-7-10(9)16(14,15)13-8-11(2,3)12;/h4-7,13H,8,12H2,1-3H3;1H. The van der Waals surface area contributed by atoms with Crippen molar-refractivity contribution in [2.45, 2.75) is 31.2 Å². The van der Waals surface area contributed by atoms with Crippen LogP contribution in [0.5, 0.6) is 0 Å². The van der Waals surface area contributed by atoms with Crippen molar-refractivity contribution in [3.8, 4) is 0 Å². The Kier molecular flexibility index (Phi) is 5.61. The first-order valence-electron chi connectivity index (χ1n) is 5.06. The summed E-state index contributed by atoms with van der Waals surface area (Å²) in [7, 11) is -3.45. The fourth-order valence-corrected chi connectivity index (χ4v) is 2.68. The van der Waals surface area contributed by atoms with Crippen LogP contribution >= 0.6 is 12.4 Å². The lowest BCUT2D eigenvalue weighted by atomic mass is 10.1. The molecule has 0 fully saturated rings. The maximum absolute atomic E-state index is 11.9. The van der Waals surface area contributed by atoms with Crippen molar-refractivity contribution in [3.05, 3.63) is 29.8 Å². The summed E-state index contributed by atoms with van der Waals surface area (Å²) in [5.41, 5.74) is 5.90. The molecule has 4 nitrogen and oxygen atoms in total. The minimum absolute atomic E-state index is 0. The van der Waals surface area contributed by atoms with Gasteiger partial charge >= 0.3 is 0 Å². The van der Waals surface area contributed by atoms with Gasteiger partial charge in [0.15, 0.2) is 0 Å². The maximum Gasteiger partial charge on any atom is 0.240 e. The van der Waals surface area contributed by atoms with Crippen LogP contribution in [0.2, 0.25) is 0 Å². The molecule has 1 aromatic rings. The van der Waals surface area contributed by atoms with Crippen LogP contribution in [0.25, 0.3) is 0 Å². The summed E-state index contributed by atoms with van der Waals surface area (Å²) in [4.78, 5) is 0.305. The number of hydrogen-bond donors (Lipinski definition) is 2. The molecule has 0 bridgehead atoms. The third-order valence-electron chi connectivity index (χ3n) is 2.10. The molecule has 0 saturated heterocycles. The summed E-state index contributed by atoms with van der Waals surface area (Å²) in [5, 5.41) is 0. The molecule has 0 saturated carbocycles. The van der Waals surface area contributed by atoms with Gasteiger partial charge in [-0.25, -0.2) is 13.1 Å². The lowest BCUT2D eigenvalue weighted by Gasteiger charge is -2.19. The Morgan fingerprint density at radius 2 is 1.82 bits per heavy atom. The highest BCUT2D eigenvalue weighted by Crippen LogP contribution is 2.13. The molecule has 1 rings (SSSR count). The highest BCUT2D eigenvalue weighted by molar-refractivity contribution is 7.89. The smallest absolute Gasteiger partial charge is 0.240 e. The summed E-state index contributed by atoms with van der Waals surface area (Å²) in [6, 6.07) is 6.86. The van der Waals surface area contributed by atoms with Crippen molar-refractivity contribution in [3.63, 3.8) is 0 Å². The SMILES string of the molecule is Cc1ccccc1S(=O)(=O)NCC(C)(C)N.Cl. The Balaban J connectivity index is 0.00000256. The first-order chi connectivity index (χ1) is 7.22. The summed E-state index contributed by atoms with van der Waals surface area (Å²) >= 11 is 0. The van der Waals surface area contributed by atoms with Gasteiger partial charge in [-0.1, -0.05) is 18.2 Å². The van der Waals surface area contributed by atoms with E-state index < -0.39 is 15.6 Å². The van der Waals surface area contributed by atoms with Crippen molar-refractivity contribution >= 4 is 22.4 Å². The zero-order valence-electron chi connectivity index (χ0n) is 10.2. The molecule has 0 aliphatic heterocycles. The van der Waals surface area contributed by atoms with Crippen LogP contribution in [0, 0.1) is 6.92 Å². The monoisotopic (exact) mass is 278 g/mol. The van der Waals surface area contributed by atoms with E-state index in [-0.39, 0.29) is 19.0 Å². The van der Waals surface area contributed by atoms with Gasteiger partial charge in [-0.05, 0) is 32.4 Å². The molecular weight excluding hydrogens is 260 g/mol. The number of hydrogen-bond acceptors (Lipinski definition) is 3. The summed E-state index contributed by atoms with van der Waals surface area (Å²) in [6.07, 6.45) is 0. The van der Waals surface area contributed by atoms with E-state index in [1.807, 2.05) is 0 Å². The number of benzene rings is 1. The number of aryl methyl sites for hydroxylation is 1. The number of rotatable bonds is 4. The maximum atomic E-state index is 11.9. The molecule has 3 N–H and O–H groups in total. The van der Waals surface area contributed by atoms with Crippen LogP contribution in [0.1, 0.15) is 19.4 Å². The molecule has 0 amide bonds. The first-order valence-corrected chi connectivity index (χ1v) is 6.55. The predicted molar refractivity (Wildman–Crippen MR) is 71.9 cm³/mol. The largest absolute Gasteiger partial charge is 0.324 e. The fourth-order valence-electron chi connectivity index (χ4n) is 1.22. The second-order valence-electron chi connectivity index (χ2n) is 4.58. The van der Waals surface area contributed by atoms with Gasteiger partial charge in [0.1, 0.15) is 0 Å². The number of sulfonamides is 1. The molecule has 0 atom stereocenters. The van der Waals surface area contributed by atoms with Crippen LogP contribution in [-0.4, -0.2) is 20.5 Å². The van der Waals surface area contributed by atoms with Crippen LogP contribution in [-0.2, 0) is 10.0 Å². The number of nitrogens with two attached hydrogens (primary N) is 1. The molecule has 0 radical (unpaired) electrons. The van der Waals surface area contributed by atoms with Crippen molar-refractivity contribution in [1.82, 2.24) is 4.72 Å². The minimum atomic E-state index is -3.45. The van der Waals surface area contributed by atoms with Crippen LogP contribution in [0.4, 0.5) is 0 Å². The quantitative estimate of drug-likeness (QED) is 0.875. The zero-order chi connectivity index (χ0) is 12.4. The molecule has 1 aromatic carbocycles. The second-order valence-corrected chi connectivity index (χ2v) is 6.31. The van der Waals surface area contributed by atoms with E-state index in [0.29, 0.717) is 4.90 Å². The second kappa shape index (κ2) is 5.82. The highest BCUT2D eigenvalue weighted by Gasteiger charge is 2.19. The Morgan fingerprint density at radius 1 is 1.29 bits per heavy atom. The first kappa shape index (κ1) is 16.4. The third-order valence-corrected chi connectivity index (χ3v) is 3.66. The lowest BCUT2D eigenvalue weighted by molar-refractivity contribution is 0.497. The topological polar surface area (TPSA) is 72.2 Å². The molecule has 0 aliphatic rings. The van der Waals surface area contributed by atoms with Gasteiger partial charge in [0.05, 0.1) is 4.90 Å². The molecule has 6 heteroatoms. The summed E-state index contributed by atoms with van der Waals surface area (Å²) in [5.74, 6) is 0. The summed E-state index contributed by atoms with van der Waals surface area (Å²) in [6.45, 7) is 5.52. The van der Waals surface area contributed by atoms with E-state index in [0.717, 1.165) is 5.56 Å². The Morgan fingerprint density at radius 3 is 2.29 bits per heavy atom. The van der Waals surface area contributed by atoms with Crippen molar-refractivity contribution in [2.75, 3.05) is 6.54 Å². The van der Waals surface area contributed by atoms with Crippen molar-refractivity contribution < 1.29 is 8.42 Å². The van der Waals surface area contributed by atoms with E-state index in [1.54, 1.807) is 45.0 Å². The van der Waals surface area contributed by atoms with E-state index >= 15 is 0 Å². The lowest BCUT2D eigenvalue weighted by Crippen LogP contribution is -2.45. The Labute approximate surface area is 109 Å². The van der Waals surface area contributed by atoms with Crippen molar-refractivity contribution in [1.29, 1.82) is 0 Å². The molecule has 0 aromatic heterocycles. The normalized spacial score (nSPS) is 12.0. The van der Waals surface area contributed by atoms with Gasteiger partial charge < -0.3 is 5.73 Å². The van der Waals surface area contributed by atoms with E-state index in [9.17, 15) is 8.42 Å². The van der Waals surface area contributed by atoms with Gasteiger partial charge in [-0.3, -0.25) is 0 Å². The molecule has 17 heavy (non-hydrogen) atoms. The highest BCUT2D eigenvalue weighted by atomic mass is 35.5. The molecule has 0 aliphatic carbocycles. The van der Waals surface area contributed by atoms with E-state index in [2.05, 4.69) is 4.72 Å². The van der Waals surface area contributed by atoms with Crippen LogP contribution < -0.4 is 10.5 Å². The average Bonchev–Trinajstić information content (AvgIpc) is 2.14. The van der Waals surface area contributed by atoms with Gasteiger partial charge in [-0.15, -0.1) is 12.4 Å². The predicted octanol–water partition coefficient (Wildman–Crippen LogP) is 1.43. The van der Waals surface area contributed by atoms with Gasteiger partial charge in [-0.2, -0.15) is 0 Å². The molecule has 98 valence electrons. The van der Waals surface area contributed by atoms with Crippen LogP contribution in [0.15, 0.2) is 29.2 Å². The third kappa shape index (κ3) is 5.04. The number of halogens is 1. The molecule has 0 heterocycles. The fraction of sp³-hybridized carbons (Fsp3) is 0.455. The number of nitrogens with one attached hydrogen (secondary N) is 1. The minimum Gasteiger partial charge on any atom is -0.324 e. The van der Waals surface area contributed by atoms with Gasteiger partial charge in [0.25, 0.3) is 0 Å². The molecular formula is C11H19ClN2O2S. The Hall–Kier alpha value is -0.620. The van der Waals surface area contributed by atoms with E-state index in [4.69, 9.17) is 5.73 Å². The average molecular weight is 279 g/mol. The summed E-state index contributed by atoms with van der Waals surface area (Å²) < 4.78 is 26.4. The van der Waals surface area contributed by atoms with Gasteiger partial charge in [0, 0.05) is 12.1 Å². The molecule has 0 spiro atoms. The van der Waals surface area contributed by atoms with Gasteiger partial charge in [0.2, 0.25) is 10.0 Å².